The van der Waals surface area contributed by atoms with Crippen LogP contribution in [-0.2, 0) is 11.8 Å². The van der Waals surface area contributed by atoms with Crippen molar-refractivity contribution in [1.82, 2.24) is 14.9 Å². The number of hydrogen-bond acceptors (Lipinski definition) is 4. The smallest absolute Gasteiger partial charge is 0.206 e. The maximum absolute atomic E-state index is 5.00. The molecular formula is C14H22N4O. The quantitative estimate of drug-likeness (QED) is 0.763. The van der Waals surface area contributed by atoms with Crippen LogP contribution in [-0.4, -0.2) is 49.9 Å². The van der Waals surface area contributed by atoms with Gasteiger partial charge in [-0.15, -0.1) is 0 Å². The fraction of sp³-hybridized carbons (Fsp3) is 0.500. The number of aromatic nitrogens is 2. The van der Waals surface area contributed by atoms with Gasteiger partial charge in [0.05, 0.1) is 17.6 Å². The van der Waals surface area contributed by atoms with Crippen LogP contribution >= 0.6 is 0 Å². The van der Waals surface area contributed by atoms with E-state index < -0.39 is 0 Å². The second-order valence-corrected chi connectivity index (χ2v) is 4.62. The summed E-state index contributed by atoms with van der Waals surface area (Å²) in [6, 6.07) is 8.20. The van der Waals surface area contributed by atoms with Gasteiger partial charge in [-0.05, 0) is 12.1 Å². The molecule has 0 aliphatic rings. The molecule has 0 amide bonds. The Hall–Kier alpha value is -1.59. The molecule has 0 unspecified atom stereocenters. The molecule has 1 aromatic heterocycles. The van der Waals surface area contributed by atoms with Crippen molar-refractivity contribution < 1.29 is 4.74 Å². The van der Waals surface area contributed by atoms with Gasteiger partial charge in [-0.1, -0.05) is 12.1 Å². The Morgan fingerprint density at radius 3 is 2.84 bits per heavy atom. The topological polar surface area (TPSA) is 42.3 Å². The molecule has 1 aromatic carbocycles. The number of fused-ring (bicyclic) bond motifs is 1. The number of benzene rings is 1. The molecule has 0 spiro atoms. The van der Waals surface area contributed by atoms with E-state index in [1.54, 1.807) is 7.11 Å². The van der Waals surface area contributed by atoms with E-state index in [0.29, 0.717) is 0 Å². The largest absolute Gasteiger partial charge is 0.383 e. The van der Waals surface area contributed by atoms with Crippen LogP contribution in [0.2, 0.25) is 0 Å². The van der Waals surface area contributed by atoms with Gasteiger partial charge in [-0.2, -0.15) is 0 Å². The second-order valence-electron chi connectivity index (χ2n) is 4.62. The van der Waals surface area contributed by atoms with Gasteiger partial charge < -0.3 is 19.5 Å². The van der Waals surface area contributed by atoms with Crippen LogP contribution in [0.1, 0.15) is 0 Å². The number of ether oxygens (including phenoxy) is 1. The van der Waals surface area contributed by atoms with E-state index in [2.05, 4.69) is 39.9 Å². The summed E-state index contributed by atoms with van der Waals surface area (Å²) in [5.41, 5.74) is 2.20. The Balaban J connectivity index is 1.97. The standard InChI is InChI=1S/C14H22N4O/c1-17(10-8-15-9-11-19-3)14-16-12-6-4-5-7-13(12)18(14)2/h4-7,15H,8-11H2,1-3H3. The second kappa shape index (κ2) is 6.54. The summed E-state index contributed by atoms with van der Waals surface area (Å²) >= 11 is 0. The van der Waals surface area contributed by atoms with Crippen molar-refractivity contribution in [3.63, 3.8) is 0 Å². The van der Waals surface area contributed by atoms with Crippen molar-refractivity contribution in [3.8, 4) is 0 Å². The Bertz CT molecular complexity index is 523. The molecular weight excluding hydrogens is 240 g/mol. The van der Waals surface area contributed by atoms with Gasteiger partial charge in [0.15, 0.2) is 0 Å². The minimum atomic E-state index is 0.746. The van der Waals surface area contributed by atoms with Crippen molar-refractivity contribution in [1.29, 1.82) is 0 Å². The molecule has 0 saturated heterocycles. The molecule has 0 bridgehead atoms. The van der Waals surface area contributed by atoms with Gasteiger partial charge in [0.25, 0.3) is 0 Å². The Labute approximate surface area is 114 Å². The van der Waals surface area contributed by atoms with Crippen LogP contribution in [0.4, 0.5) is 5.95 Å². The number of likely N-dealkylation sites (N-methyl/N-ethyl adjacent to an activating group) is 1. The SMILES string of the molecule is COCCNCCN(C)c1nc2ccccc2n1C. The number of anilines is 1. The highest BCUT2D eigenvalue weighted by Crippen LogP contribution is 2.19. The summed E-state index contributed by atoms with van der Waals surface area (Å²) in [4.78, 5) is 6.83. The van der Waals surface area contributed by atoms with Crippen LogP contribution in [0.3, 0.4) is 0 Å². The van der Waals surface area contributed by atoms with E-state index in [4.69, 9.17) is 4.74 Å². The van der Waals surface area contributed by atoms with Crippen LogP contribution in [0.5, 0.6) is 0 Å². The first-order chi connectivity index (χ1) is 9.24. The monoisotopic (exact) mass is 262 g/mol. The molecule has 2 aromatic rings. The van der Waals surface area contributed by atoms with Crippen molar-refractivity contribution >= 4 is 17.0 Å². The number of methoxy groups -OCH3 is 1. The average Bonchev–Trinajstić information content (AvgIpc) is 2.76. The summed E-state index contributed by atoms with van der Waals surface area (Å²) in [7, 11) is 5.84. The van der Waals surface area contributed by atoms with Crippen molar-refractivity contribution in [3.05, 3.63) is 24.3 Å². The van der Waals surface area contributed by atoms with Crippen molar-refractivity contribution in [2.45, 2.75) is 0 Å². The number of aryl methyl sites for hydroxylation is 1. The average molecular weight is 262 g/mol. The highest BCUT2D eigenvalue weighted by atomic mass is 16.5. The highest BCUT2D eigenvalue weighted by Gasteiger charge is 2.10. The molecule has 1 heterocycles. The third-order valence-corrected chi connectivity index (χ3v) is 3.21. The molecule has 0 aliphatic heterocycles. The minimum Gasteiger partial charge on any atom is -0.383 e. The molecule has 5 nitrogen and oxygen atoms in total. The molecule has 19 heavy (non-hydrogen) atoms. The predicted octanol–water partition coefficient (Wildman–Crippen LogP) is 1.25. The third kappa shape index (κ3) is 3.24. The number of nitrogens with zero attached hydrogens (tertiary/aromatic N) is 3. The molecule has 5 heteroatoms. The van der Waals surface area contributed by atoms with E-state index in [0.717, 1.165) is 43.2 Å². The van der Waals surface area contributed by atoms with E-state index >= 15 is 0 Å². The lowest BCUT2D eigenvalue weighted by atomic mass is 10.3. The molecule has 0 aliphatic carbocycles. The van der Waals surface area contributed by atoms with Crippen LogP contribution in [0, 0.1) is 0 Å². The number of para-hydroxylation sites is 2. The molecule has 1 N–H and O–H groups in total. The lowest BCUT2D eigenvalue weighted by Crippen LogP contribution is -2.32. The molecule has 0 atom stereocenters. The molecule has 104 valence electrons. The molecule has 0 saturated carbocycles. The van der Waals surface area contributed by atoms with Crippen LogP contribution in [0.15, 0.2) is 24.3 Å². The number of hydrogen-bond donors (Lipinski definition) is 1. The van der Waals surface area contributed by atoms with Gasteiger partial charge in [-0.3, -0.25) is 0 Å². The zero-order chi connectivity index (χ0) is 13.7. The predicted molar refractivity (Wildman–Crippen MR) is 78.7 cm³/mol. The summed E-state index contributed by atoms with van der Waals surface area (Å²) in [5, 5.41) is 3.34. The lowest BCUT2D eigenvalue weighted by Gasteiger charge is -2.18. The zero-order valence-electron chi connectivity index (χ0n) is 11.9. The van der Waals surface area contributed by atoms with Gasteiger partial charge in [0, 0.05) is 40.8 Å². The Kier molecular flexibility index (Phi) is 4.76. The first-order valence-electron chi connectivity index (χ1n) is 6.56. The maximum Gasteiger partial charge on any atom is 0.206 e. The molecule has 0 fully saturated rings. The normalized spacial score (nSPS) is 11.1. The minimum absolute atomic E-state index is 0.746. The first kappa shape index (κ1) is 13.8. The van der Waals surface area contributed by atoms with E-state index in [1.807, 2.05) is 18.2 Å². The zero-order valence-corrected chi connectivity index (χ0v) is 11.9. The van der Waals surface area contributed by atoms with Crippen molar-refractivity contribution in [2.75, 3.05) is 45.3 Å². The summed E-state index contributed by atoms with van der Waals surface area (Å²) < 4.78 is 7.13. The molecule has 2 rings (SSSR count). The van der Waals surface area contributed by atoms with Crippen molar-refractivity contribution in [2.24, 2.45) is 7.05 Å². The number of rotatable bonds is 7. The lowest BCUT2D eigenvalue weighted by molar-refractivity contribution is 0.200. The van der Waals surface area contributed by atoms with Gasteiger partial charge >= 0.3 is 0 Å². The van der Waals surface area contributed by atoms with Gasteiger partial charge in [-0.25, -0.2) is 4.98 Å². The van der Waals surface area contributed by atoms with Gasteiger partial charge in [0.2, 0.25) is 5.95 Å². The summed E-state index contributed by atoms with van der Waals surface area (Å²) in [6.07, 6.45) is 0. The van der Waals surface area contributed by atoms with Gasteiger partial charge in [0.1, 0.15) is 0 Å². The van der Waals surface area contributed by atoms with Crippen LogP contribution < -0.4 is 10.2 Å². The Morgan fingerprint density at radius 1 is 1.32 bits per heavy atom. The number of imidazole rings is 1. The first-order valence-corrected chi connectivity index (χ1v) is 6.56. The maximum atomic E-state index is 5.00. The molecule has 0 radical (unpaired) electrons. The third-order valence-electron chi connectivity index (χ3n) is 3.21. The fourth-order valence-corrected chi connectivity index (χ4v) is 2.12. The summed E-state index contributed by atoms with van der Waals surface area (Å²) in [5.74, 6) is 0.995. The number of nitrogens with one attached hydrogen (secondary N) is 1. The van der Waals surface area contributed by atoms with E-state index in [9.17, 15) is 0 Å². The van der Waals surface area contributed by atoms with E-state index in [-0.39, 0.29) is 0 Å². The highest BCUT2D eigenvalue weighted by molar-refractivity contribution is 5.78. The van der Waals surface area contributed by atoms with Crippen LogP contribution in [0.25, 0.3) is 11.0 Å². The summed E-state index contributed by atoms with van der Waals surface area (Å²) in [6.45, 7) is 3.47. The Morgan fingerprint density at radius 2 is 2.11 bits per heavy atom. The fourth-order valence-electron chi connectivity index (χ4n) is 2.12. The van der Waals surface area contributed by atoms with E-state index in [1.165, 1.54) is 0 Å².